The van der Waals surface area contributed by atoms with Crippen LogP contribution in [0.3, 0.4) is 0 Å². The zero-order chi connectivity index (χ0) is 14.8. The van der Waals surface area contributed by atoms with E-state index in [-0.39, 0.29) is 11.7 Å². The molecule has 0 aromatic heterocycles. The molecule has 0 atom stereocenters. The second-order valence-corrected chi connectivity index (χ2v) is 5.12. The van der Waals surface area contributed by atoms with Crippen LogP contribution in [-0.2, 0) is 13.1 Å². The van der Waals surface area contributed by atoms with Crippen LogP contribution >= 0.6 is 0 Å². The molecule has 1 N–H and O–H groups in total. The summed E-state index contributed by atoms with van der Waals surface area (Å²) in [5, 5.41) is 3.26. The Kier molecular flexibility index (Phi) is 3.71. The van der Waals surface area contributed by atoms with Gasteiger partial charge in [-0.2, -0.15) is 0 Å². The Morgan fingerprint density at radius 2 is 2.00 bits per heavy atom. The molecule has 2 aromatic rings. The average Bonchev–Trinajstić information content (AvgIpc) is 2.95. The predicted molar refractivity (Wildman–Crippen MR) is 80.7 cm³/mol. The molecule has 0 spiro atoms. The standard InChI is InChI=1S/C17H17FN2O/c1-2-20(16-5-3-4-15(18)9-16)17(21)12-6-7-13-10-19-11-14(13)8-12/h3-9,19H,2,10-11H2,1H3. The third-order valence-corrected chi connectivity index (χ3v) is 3.77. The lowest BCUT2D eigenvalue weighted by Gasteiger charge is -2.21. The Morgan fingerprint density at radius 1 is 1.19 bits per heavy atom. The summed E-state index contributed by atoms with van der Waals surface area (Å²) in [5.41, 5.74) is 3.63. The fraction of sp³-hybridized carbons (Fsp3) is 0.235. The van der Waals surface area contributed by atoms with E-state index < -0.39 is 0 Å². The highest BCUT2D eigenvalue weighted by Crippen LogP contribution is 2.21. The van der Waals surface area contributed by atoms with Crippen LogP contribution in [0.4, 0.5) is 10.1 Å². The van der Waals surface area contributed by atoms with E-state index in [4.69, 9.17) is 0 Å². The lowest BCUT2D eigenvalue weighted by Crippen LogP contribution is -2.30. The van der Waals surface area contributed by atoms with Gasteiger partial charge in [0.25, 0.3) is 5.91 Å². The summed E-state index contributed by atoms with van der Waals surface area (Å²) in [5.74, 6) is -0.435. The molecule has 1 aliphatic rings. The van der Waals surface area contributed by atoms with Crippen LogP contribution < -0.4 is 10.2 Å². The Balaban J connectivity index is 1.92. The topological polar surface area (TPSA) is 32.3 Å². The summed E-state index contributed by atoms with van der Waals surface area (Å²) in [6.07, 6.45) is 0. The van der Waals surface area contributed by atoms with Crippen molar-refractivity contribution in [2.45, 2.75) is 20.0 Å². The molecule has 108 valence electrons. The molecule has 0 radical (unpaired) electrons. The number of nitrogens with zero attached hydrogens (tertiary/aromatic N) is 1. The van der Waals surface area contributed by atoms with Crippen molar-refractivity contribution in [1.82, 2.24) is 5.32 Å². The van der Waals surface area contributed by atoms with Gasteiger partial charge in [0.1, 0.15) is 5.82 Å². The van der Waals surface area contributed by atoms with Gasteiger partial charge in [0.2, 0.25) is 0 Å². The highest BCUT2D eigenvalue weighted by atomic mass is 19.1. The zero-order valence-corrected chi connectivity index (χ0v) is 11.9. The molecule has 1 aliphatic heterocycles. The van der Waals surface area contributed by atoms with E-state index in [0.29, 0.717) is 17.8 Å². The van der Waals surface area contributed by atoms with E-state index in [9.17, 15) is 9.18 Å². The molecule has 1 heterocycles. The van der Waals surface area contributed by atoms with E-state index in [1.54, 1.807) is 17.0 Å². The van der Waals surface area contributed by atoms with Crippen molar-refractivity contribution in [3.05, 3.63) is 65.0 Å². The Labute approximate surface area is 123 Å². The second kappa shape index (κ2) is 5.66. The molecule has 3 nitrogen and oxygen atoms in total. The van der Waals surface area contributed by atoms with Gasteiger partial charge in [0, 0.05) is 30.9 Å². The lowest BCUT2D eigenvalue weighted by atomic mass is 10.1. The predicted octanol–water partition coefficient (Wildman–Crippen LogP) is 3.10. The van der Waals surface area contributed by atoms with E-state index in [0.717, 1.165) is 18.7 Å². The van der Waals surface area contributed by atoms with Gasteiger partial charge in [0.05, 0.1) is 0 Å². The number of fused-ring (bicyclic) bond motifs is 1. The van der Waals surface area contributed by atoms with Crippen LogP contribution in [0.5, 0.6) is 0 Å². The third-order valence-electron chi connectivity index (χ3n) is 3.77. The maximum atomic E-state index is 13.4. The van der Waals surface area contributed by atoms with E-state index in [1.807, 2.05) is 25.1 Å². The van der Waals surface area contributed by atoms with E-state index in [1.165, 1.54) is 17.7 Å². The number of halogens is 1. The highest BCUT2D eigenvalue weighted by molar-refractivity contribution is 6.06. The summed E-state index contributed by atoms with van der Waals surface area (Å²) in [6.45, 7) is 4.03. The van der Waals surface area contributed by atoms with Crippen LogP contribution in [0.1, 0.15) is 28.4 Å². The molecular formula is C17H17FN2O. The Morgan fingerprint density at radius 3 is 2.76 bits per heavy atom. The quantitative estimate of drug-likeness (QED) is 0.939. The Hall–Kier alpha value is -2.20. The van der Waals surface area contributed by atoms with Crippen LogP contribution in [0.15, 0.2) is 42.5 Å². The van der Waals surface area contributed by atoms with Crippen molar-refractivity contribution in [2.75, 3.05) is 11.4 Å². The first-order valence-electron chi connectivity index (χ1n) is 7.09. The maximum absolute atomic E-state index is 13.4. The van der Waals surface area contributed by atoms with Crippen LogP contribution in [-0.4, -0.2) is 12.5 Å². The second-order valence-electron chi connectivity index (χ2n) is 5.12. The summed E-state index contributed by atoms with van der Waals surface area (Å²) < 4.78 is 13.4. The number of hydrogen-bond acceptors (Lipinski definition) is 2. The SMILES string of the molecule is CCN(C(=O)c1ccc2c(c1)CNC2)c1cccc(F)c1. The number of carbonyl (C=O) groups excluding carboxylic acids is 1. The van der Waals surface area contributed by atoms with Crippen molar-refractivity contribution in [3.8, 4) is 0 Å². The number of amides is 1. The number of carbonyl (C=O) groups is 1. The van der Waals surface area contributed by atoms with Gasteiger partial charge < -0.3 is 10.2 Å². The number of nitrogens with one attached hydrogen (secondary N) is 1. The summed E-state index contributed by atoms with van der Waals surface area (Å²) in [4.78, 5) is 14.3. The van der Waals surface area contributed by atoms with Crippen LogP contribution in [0.25, 0.3) is 0 Å². The van der Waals surface area contributed by atoms with Gasteiger partial charge in [0.15, 0.2) is 0 Å². The van der Waals surface area contributed by atoms with Gasteiger partial charge in [-0.15, -0.1) is 0 Å². The van der Waals surface area contributed by atoms with Crippen LogP contribution in [0, 0.1) is 5.82 Å². The number of benzene rings is 2. The summed E-state index contributed by atoms with van der Waals surface area (Å²) in [6, 6.07) is 11.9. The zero-order valence-electron chi connectivity index (χ0n) is 11.9. The van der Waals surface area contributed by atoms with Gasteiger partial charge in [-0.25, -0.2) is 4.39 Å². The molecular weight excluding hydrogens is 267 g/mol. The smallest absolute Gasteiger partial charge is 0.258 e. The third kappa shape index (κ3) is 2.67. The van der Waals surface area contributed by atoms with Crippen LogP contribution in [0.2, 0.25) is 0 Å². The number of rotatable bonds is 3. The van der Waals surface area contributed by atoms with Crippen molar-refractivity contribution in [3.63, 3.8) is 0 Å². The summed E-state index contributed by atoms with van der Waals surface area (Å²) >= 11 is 0. The average molecular weight is 284 g/mol. The molecule has 0 saturated heterocycles. The number of anilines is 1. The Bertz CT molecular complexity index is 684. The molecule has 0 aliphatic carbocycles. The van der Waals surface area contributed by atoms with Gasteiger partial charge >= 0.3 is 0 Å². The van der Waals surface area contributed by atoms with Crippen molar-refractivity contribution in [1.29, 1.82) is 0 Å². The fourth-order valence-corrected chi connectivity index (χ4v) is 2.67. The maximum Gasteiger partial charge on any atom is 0.258 e. The monoisotopic (exact) mass is 284 g/mol. The minimum atomic E-state index is -0.336. The van der Waals surface area contributed by atoms with E-state index >= 15 is 0 Å². The minimum absolute atomic E-state index is 0.0993. The van der Waals surface area contributed by atoms with Gasteiger partial charge in [-0.3, -0.25) is 4.79 Å². The number of hydrogen-bond donors (Lipinski definition) is 1. The molecule has 0 saturated carbocycles. The first-order chi connectivity index (χ1) is 10.2. The first-order valence-corrected chi connectivity index (χ1v) is 7.09. The van der Waals surface area contributed by atoms with Crippen molar-refractivity contribution >= 4 is 11.6 Å². The van der Waals surface area contributed by atoms with Gasteiger partial charge in [-0.1, -0.05) is 12.1 Å². The lowest BCUT2D eigenvalue weighted by molar-refractivity contribution is 0.0988. The molecule has 0 bridgehead atoms. The molecule has 0 unspecified atom stereocenters. The molecule has 21 heavy (non-hydrogen) atoms. The van der Waals surface area contributed by atoms with Gasteiger partial charge in [-0.05, 0) is 48.4 Å². The fourth-order valence-electron chi connectivity index (χ4n) is 2.67. The highest BCUT2D eigenvalue weighted by Gasteiger charge is 2.19. The summed E-state index contributed by atoms with van der Waals surface area (Å²) in [7, 11) is 0. The molecule has 2 aromatic carbocycles. The van der Waals surface area contributed by atoms with Crippen molar-refractivity contribution < 1.29 is 9.18 Å². The largest absolute Gasteiger partial charge is 0.309 e. The molecule has 3 rings (SSSR count). The molecule has 4 heteroatoms. The minimum Gasteiger partial charge on any atom is -0.309 e. The first kappa shape index (κ1) is 13.8. The van der Waals surface area contributed by atoms with E-state index in [2.05, 4.69) is 5.32 Å². The normalized spacial score (nSPS) is 13.0. The molecule has 1 amide bonds. The van der Waals surface area contributed by atoms with Crippen molar-refractivity contribution in [2.24, 2.45) is 0 Å². The molecule has 0 fully saturated rings.